The van der Waals surface area contributed by atoms with Gasteiger partial charge in [-0.1, -0.05) is 41.9 Å². The Labute approximate surface area is 195 Å². The van der Waals surface area contributed by atoms with E-state index in [0.29, 0.717) is 23.8 Å². The van der Waals surface area contributed by atoms with E-state index in [-0.39, 0.29) is 10.8 Å². The highest BCUT2D eigenvalue weighted by atomic mass is 79.9. The van der Waals surface area contributed by atoms with Crippen molar-refractivity contribution in [2.75, 3.05) is 18.4 Å². The summed E-state index contributed by atoms with van der Waals surface area (Å²) < 4.78 is 28.2. The molecule has 0 saturated carbocycles. The summed E-state index contributed by atoms with van der Waals surface area (Å²) in [5.74, 6) is -0.334. The topological polar surface area (TPSA) is 79.4 Å². The molecule has 0 unspecified atom stereocenters. The van der Waals surface area contributed by atoms with Crippen molar-refractivity contribution in [3.05, 3.63) is 63.9 Å². The zero-order valence-corrected chi connectivity index (χ0v) is 20.6. The molecule has 0 fully saturated rings. The Bertz CT molecular complexity index is 1120. The van der Waals surface area contributed by atoms with Gasteiger partial charge in [0.2, 0.25) is 10.0 Å². The fourth-order valence-electron chi connectivity index (χ4n) is 3.03. The third-order valence-corrected chi connectivity index (χ3v) is 7.76. The van der Waals surface area contributed by atoms with Crippen LogP contribution in [0.25, 0.3) is 11.3 Å². The molecule has 2 aromatic carbocycles. The molecule has 1 heterocycles. The van der Waals surface area contributed by atoms with E-state index in [0.717, 1.165) is 28.6 Å². The lowest BCUT2D eigenvalue weighted by molar-refractivity contribution is 0.102. The van der Waals surface area contributed by atoms with Crippen LogP contribution in [-0.2, 0) is 10.0 Å². The molecular weight excluding hydrogens is 498 g/mol. The van der Waals surface area contributed by atoms with Gasteiger partial charge in [-0.05, 0) is 49.2 Å². The SMILES string of the molecule is CCCN(CCC)S(=O)(=O)c1ccc(C(=O)Nc2nc(-c3ccc(Br)cc3)cs2)cc1. The van der Waals surface area contributed by atoms with Crippen LogP contribution in [-0.4, -0.2) is 36.7 Å². The zero-order valence-electron chi connectivity index (χ0n) is 17.3. The van der Waals surface area contributed by atoms with E-state index in [2.05, 4.69) is 26.2 Å². The number of anilines is 1. The van der Waals surface area contributed by atoms with E-state index in [4.69, 9.17) is 0 Å². The van der Waals surface area contributed by atoms with Gasteiger partial charge in [-0.3, -0.25) is 10.1 Å². The minimum Gasteiger partial charge on any atom is -0.298 e. The summed E-state index contributed by atoms with van der Waals surface area (Å²) in [6, 6.07) is 13.8. The van der Waals surface area contributed by atoms with E-state index in [1.807, 2.05) is 43.5 Å². The van der Waals surface area contributed by atoms with E-state index >= 15 is 0 Å². The van der Waals surface area contributed by atoms with Gasteiger partial charge < -0.3 is 0 Å². The summed E-state index contributed by atoms with van der Waals surface area (Å²) in [6.07, 6.45) is 1.49. The summed E-state index contributed by atoms with van der Waals surface area (Å²) in [7, 11) is -3.57. The second-order valence-electron chi connectivity index (χ2n) is 6.93. The average molecular weight is 522 g/mol. The van der Waals surface area contributed by atoms with Crippen LogP contribution in [0.2, 0.25) is 0 Å². The summed E-state index contributed by atoms with van der Waals surface area (Å²) >= 11 is 4.74. The summed E-state index contributed by atoms with van der Waals surface area (Å²) in [5, 5.41) is 5.14. The predicted molar refractivity (Wildman–Crippen MR) is 129 cm³/mol. The molecule has 31 heavy (non-hydrogen) atoms. The van der Waals surface area contributed by atoms with Crippen LogP contribution in [0, 0.1) is 0 Å². The molecule has 0 atom stereocenters. The van der Waals surface area contributed by atoms with Gasteiger partial charge in [0.1, 0.15) is 0 Å². The smallest absolute Gasteiger partial charge is 0.257 e. The van der Waals surface area contributed by atoms with Gasteiger partial charge in [-0.15, -0.1) is 11.3 Å². The third kappa shape index (κ3) is 5.79. The lowest BCUT2D eigenvalue weighted by Gasteiger charge is -2.21. The molecule has 0 radical (unpaired) electrons. The lowest BCUT2D eigenvalue weighted by atomic mass is 10.2. The standard InChI is InChI=1S/C22H24BrN3O3S2/c1-3-13-26(14-4-2)31(28,29)19-11-7-17(8-12-19)21(27)25-22-24-20(15-30-22)16-5-9-18(23)10-6-16/h5-12,15H,3-4,13-14H2,1-2H3,(H,24,25,27). The minimum atomic E-state index is -3.57. The van der Waals surface area contributed by atoms with Gasteiger partial charge in [0.05, 0.1) is 10.6 Å². The molecule has 164 valence electrons. The van der Waals surface area contributed by atoms with Gasteiger partial charge in [-0.25, -0.2) is 13.4 Å². The molecule has 0 aliphatic carbocycles. The number of sulfonamides is 1. The van der Waals surface area contributed by atoms with Crippen LogP contribution in [0.1, 0.15) is 37.0 Å². The van der Waals surface area contributed by atoms with Crippen LogP contribution in [0.4, 0.5) is 5.13 Å². The van der Waals surface area contributed by atoms with Crippen LogP contribution in [0.15, 0.2) is 63.3 Å². The molecule has 3 rings (SSSR count). The summed E-state index contributed by atoms with van der Waals surface area (Å²) in [5.41, 5.74) is 2.11. The summed E-state index contributed by atoms with van der Waals surface area (Å²) in [6.45, 7) is 4.85. The zero-order chi connectivity index (χ0) is 22.4. The maximum Gasteiger partial charge on any atom is 0.257 e. The van der Waals surface area contributed by atoms with Crippen LogP contribution in [0.3, 0.4) is 0 Å². The lowest BCUT2D eigenvalue weighted by Crippen LogP contribution is -2.32. The van der Waals surface area contributed by atoms with Crippen LogP contribution >= 0.6 is 27.3 Å². The normalized spacial score (nSPS) is 11.6. The third-order valence-electron chi connectivity index (χ3n) is 4.56. The number of nitrogens with one attached hydrogen (secondary N) is 1. The Morgan fingerprint density at radius 3 is 2.23 bits per heavy atom. The quantitative estimate of drug-likeness (QED) is 0.395. The molecule has 0 bridgehead atoms. The van der Waals surface area contributed by atoms with E-state index in [1.165, 1.54) is 39.9 Å². The molecule has 0 spiro atoms. The molecule has 0 aliphatic rings. The second-order valence-corrected chi connectivity index (χ2v) is 10.6. The largest absolute Gasteiger partial charge is 0.298 e. The maximum atomic E-state index is 12.9. The van der Waals surface area contributed by atoms with Gasteiger partial charge in [-0.2, -0.15) is 4.31 Å². The first kappa shape index (κ1) is 23.6. The number of amides is 1. The van der Waals surface area contributed by atoms with Crippen LogP contribution < -0.4 is 5.32 Å². The van der Waals surface area contributed by atoms with E-state index < -0.39 is 10.0 Å². The molecule has 0 aliphatic heterocycles. The molecule has 6 nitrogen and oxygen atoms in total. The number of hydrogen-bond acceptors (Lipinski definition) is 5. The Morgan fingerprint density at radius 1 is 1.03 bits per heavy atom. The Hall–Kier alpha value is -2.07. The Balaban J connectivity index is 1.71. The number of thiazole rings is 1. The fraction of sp³-hybridized carbons (Fsp3) is 0.273. The number of hydrogen-bond donors (Lipinski definition) is 1. The number of carbonyl (C=O) groups is 1. The van der Waals surface area contributed by atoms with Crippen molar-refractivity contribution in [1.82, 2.24) is 9.29 Å². The molecule has 1 amide bonds. The number of carbonyl (C=O) groups excluding carboxylic acids is 1. The highest BCUT2D eigenvalue weighted by Crippen LogP contribution is 2.26. The molecule has 3 aromatic rings. The minimum absolute atomic E-state index is 0.192. The Morgan fingerprint density at radius 2 is 1.65 bits per heavy atom. The second kappa shape index (κ2) is 10.5. The van der Waals surface area contributed by atoms with Crippen molar-refractivity contribution in [3.63, 3.8) is 0 Å². The molecule has 9 heteroatoms. The number of rotatable bonds is 9. The molecule has 1 aromatic heterocycles. The van der Waals surface area contributed by atoms with Crippen molar-refractivity contribution < 1.29 is 13.2 Å². The predicted octanol–water partition coefficient (Wildman–Crippen LogP) is 5.64. The first-order chi connectivity index (χ1) is 14.8. The monoisotopic (exact) mass is 521 g/mol. The molecule has 1 N–H and O–H groups in total. The average Bonchev–Trinajstić information content (AvgIpc) is 3.22. The van der Waals surface area contributed by atoms with Gasteiger partial charge in [0.25, 0.3) is 5.91 Å². The maximum absolute atomic E-state index is 12.9. The number of aromatic nitrogens is 1. The molecule has 0 saturated heterocycles. The van der Waals surface area contributed by atoms with Crippen molar-refractivity contribution >= 4 is 48.3 Å². The number of halogens is 1. The first-order valence-corrected chi connectivity index (χ1v) is 13.1. The number of nitrogens with zero attached hydrogens (tertiary/aromatic N) is 2. The Kier molecular flexibility index (Phi) is 7.99. The van der Waals surface area contributed by atoms with Crippen molar-refractivity contribution in [3.8, 4) is 11.3 Å². The van der Waals surface area contributed by atoms with Gasteiger partial charge in [0.15, 0.2) is 5.13 Å². The van der Waals surface area contributed by atoms with Gasteiger partial charge in [0, 0.05) is 34.1 Å². The van der Waals surface area contributed by atoms with Crippen LogP contribution in [0.5, 0.6) is 0 Å². The highest BCUT2D eigenvalue weighted by Gasteiger charge is 2.23. The first-order valence-electron chi connectivity index (χ1n) is 9.98. The fourth-order valence-corrected chi connectivity index (χ4v) is 5.64. The highest BCUT2D eigenvalue weighted by molar-refractivity contribution is 9.10. The van der Waals surface area contributed by atoms with Gasteiger partial charge >= 0.3 is 0 Å². The van der Waals surface area contributed by atoms with E-state index in [9.17, 15) is 13.2 Å². The van der Waals surface area contributed by atoms with Crippen molar-refractivity contribution in [1.29, 1.82) is 0 Å². The van der Waals surface area contributed by atoms with Crippen molar-refractivity contribution in [2.24, 2.45) is 0 Å². The molecular formula is C22H24BrN3O3S2. The number of benzene rings is 2. The van der Waals surface area contributed by atoms with E-state index in [1.54, 1.807) is 0 Å². The van der Waals surface area contributed by atoms with Crippen molar-refractivity contribution in [2.45, 2.75) is 31.6 Å². The summed E-state index contributed by atoms with van der Waals surface area (Å²) in [4.78, 5) is 17.3.